The molecule has 1 aliphatic carbocycles. The maximum Gasteiger partial charge on any atom is 0.265 e. The summed E-state index contributed by atoms with van der Waals surface area (Å²) in [5.74, 6) is 0.487. The van der Waals surface area contributed by atoms with Gasteiger partial charge in [0.25, 0.3) is 5.91 Å². The average Bonchev–Trinajstić information content (AvgIpc) is 3.29. The van der Waals surface area contributed by atoms with Crippen LogP contribution in [0.3, 0.4) is 0 Å². The number of rotatable bonds is 6. The highest BCUT2D eigenvalue weighted by Crippen LogP contribution is 2.35. The van der Waals surface area contributed by atoms with Crippen LogP contribution in [-0.2, 0) is 4.79 Å². The van der Waals surface area contributed by atoms with Gasteiger partial charge in [0.1, 0.15) is 12.3 Å². The monoisotopic (exact) mass is 439 g/mol. The summed E-state index contributed by atoms with van der Waals surface area (Å²) >= 11 is 1.68. The molecule has 1 aromatic carbocycles. The van der Waals surface area contributed by atoms with Crippen molar-refractivity contribution in [2.45, 2.75) is 37.7 Å². The Bertz CT molecular complexity index is 922. The number of carbonyl (C=O) groups is 1. The van der Waals surface area contributed by atoms with Crippen molar-refractivity contribution in [2.24, 2.45) is 0 Å². The van der Waals surface area contributed by atoms with Gasteiger partial charge >= 0.3 is 0 Å². The first-order valence-electron chi connectivity index (χ1n) is 10.9. The van der Waals surface area contributed by atoms with Crippen LogP contribution in [-0.4, -0.2) is 61.2 Å². The van der Waals surface area contributed by atoms with Crippen LogP contribution < -0.4 is 15.0 Å². The molecule has 1 saturated heterocycles. The van der Waals surface area contributed by atoms with Crippen molar-refractivity contribution in [1.29, 1.82) is 5.26 Å². The maximum atomic E-state index is 12.7. The molecule has 1 N–H and O–H groups in total. The molecular weight excluding hydrogens is 410 g/mol. The van der Waals surface area contributed by atoms with Crippen molar-refractivity contribution in [3.8, 4) is 23.1 Å². The molecule has 1 amide bonds. The Hall–Kier alpha value is -2.63. The Labute approximate surface area is 187 Å². The SMILES string of the molecule is CN1CCN(c2nc(-c3ccc(OC4(C(=O)NCC#N)CCCCC4)cc3)cs2)CC1. The van der Waals surface area contributed by atoms with Crippen LogP contribution in [0.25, 0.3) is 11.3 Å². The molecule has 2 aliphatic rings. The van der Waals surface area contributed by atoms with E-state index in [1.165, 1.54) is 0 Å². The van der Waals surface area contributed by atoms with Gasteiger partial charge in [-0.05, 0) is 57.0 Å². The Morgan fingerprint density at radius 2 is 1.90 bits per heavy atom. The summed E-state index contributed by atoms with van der Waals surface area (Å²) in [6, 6.07) is 9.81. The number of likely N-dealkylation sites (N-methyl/N-ethyl adjacent to an activating group) is 1. The predicted molar refractivity (Wildman–Crippen MR) is 122 cm³/mol. The number of hydrogen-bond donors (Lipinski definition) is 1. The van der Waals surface area contributed by atoms with E-state index in [0.717, 1.165) is 61.8 Å². The number of benzene rings is 1. The zero-order valence-corrected chi connectivity index (χ0v) is 18.8. The molecule has 0 bridgehead atoms. The molecule has 2 aromatic rings. The predicted octanol–water partition coefficient (Wildman–Crippen LogP) is 3.28. The standard InChI is InChI=1S/C23H29N5O2S/c1-27-13-15-28(16-14-27)22-26-20(17-31-22)18-5-7-19(8-6-18)30-23(9-3-2-4-10-23)21(29)25-12-11-24/h5-8,17H,2-4,9-10,12-16H2,1H3,(H,25,29). The Balaban J connectivity index is 1.45. The summed E-state index contributed by atoms with van der Waals surface area (Å²) in [5.41, 5.74) is 1.12. The summed E-state index contributed by atoms with van der Waals surface area (Å²) in [4.78, 5) is 22.3. The number of amides is 1. The minimum atomic E-state index is -0.883. The molecule has 4 rings (SSSR count). The molecule has 1 aromatic heterocycles. The smallest absolute Gasteiger partial charge is 0.265 e. The lowest BCUT2D eigenvalue weighted by Crippen LogP contribution is -2.52. The second-order valence-electron chi connectivity index (χ2n) is 8.33. The number of nitriles is 1. The molecule has 2 heterocycles. The molecule has 0 radical (unpaired) electrons. The summed E-state index contributed by atoms with van der Waals surface area (Å²) in [6.45, 7) is 4.13. The van der Waals surface area contributed by atoms with Gasteiger partial charge in [0.15, 0.2) is 10.7 Å². The van der Waals surface area contributed by atoms with Crippen LogP contribution in [0.4, 0.5) is 5.13 Å². The number of thiazole rings is 1. The first kappa shape index (κ1) is 21.6. The van der Waals surface area contributed by atoms with E-state index in [2.05, 4.69) is 27.5 Å². The van der Waals surface area contributed by atoms with Crippen LogP contribution in [0.5, 0.6) is 5.75 Å². The van der Waals surface area contributed by atoms with Gasteiger partial charge in [-0.3, -0.25) is 4.79 Å². The van der Waals surface area contributed by atoms with Gasteiger partial charge in [-0.1, -0.05) is 6.42 Å². The average molecular weight is 440 g/mol. The van der Waals surface area contributed by atoms with Crippen molar-refractivity contribution >= 4 is 22.4 Å². The normalized spacial score (nSPS) is 18.9. The fraction of sp³-hybridized carbons (Fsp3) is 0.522. The van der Waals surface area contributed by atoms with E-state index in [1.807, 2.05) is 30.3 Å². The Morgan fingerprint density at radius 1 is 1.19 bits per heavy atom. The van der Waals surface area contributed by atoms with Gasteiger partial charge < -0.3 is 19.9 Å². The Morgan fingerprint density at radius 3 is 2.58 bits per heavy atom. The molecule has 1 saturated carbocycles. The lowest BCUT2D eigenvalue weighted by molar-refractivity contribution is -0.139. The number of ether oxygens (including phenoxy) is 1. The van der Waals surface area contributed by atoms with E-state index >= 15 is 0 Å². The molecule has 2 fully saturated rings. The molecule has 164 valence electrons. The lowest BCUT2D eigenvalue weighted by atomic mass is 9.83. The third kappa shape index (κ3) is 5.00. The van der Waals surface area contributed by atoms with Gasteiger partial charge in [0.2, 0.25) is 0 Å². The third-order valence-corrected chi connectivity index (χ3v) is 7.03. The quantitative estimate of drug-likeness (QED) is 0.696. The van der Waals surface area contributed by atoms with E-state index in [-0.39, 0.29) is 12.5 Å². The zero-order chi connectivity index (χ0) is 21.7. The van der Waals surface area contributed by atoms with E-state index in [4.69, 9.17) is 15.0 Å². The zero-order valence-electron chi connectivity index (χ0n) is 18.0. The van der Waals surface area contributed by atoms with Crippen molar-refractivity contribution in [3.05, 3.63) is 29.6 Å². The van der Waals surface area contributed by atoms with Crippen LogP contribution in [0.1, 0.15) is 32.1 Å². The summed E-state index contributed by atoms with van der Waals surface area (Å²) < 4.78 is 6.25. The first-order valence-corrected chi connectivity index (χ1v) is 11.8. The molecule has 0 unspecified atom stereocenters. The molecule has 1 aliphatic heterocycles. The van der Waals surface area contributed by atoms with E-state index < -0.39 is 5.60 Å². The summed E-state index contributed by atoms with van der Waals surface area (Å²) in [6.07, 6.45) is 4.35. The van der Waals surface area contributed by atoms with Crippen LogP contribution in [0.2, 0.25) is 0 Å². The van der Waals surface area contributed by atoms with Crippen molar-refractivity contribution in [3.63, 3.8) is 0 Å². The topological polar surface area (TPSA) is 81.5 Å². The molecular formula is C23H29N5O2S. The van der Waals surface area contributed by atoms with Crippen LogP contribution in [0.15, 0.2) is 29.6 Å². The number of carbonyl (C=O) groups excluding carboxylic acids is 1. The number of nitrogens with one attached hydrogen (secondary N) is 1. The summed E-state index contributed by atoms with van der Waals surface area (Å²) in [7, 11) is 2.15. The van der Waals surface area contributed by atoms with Gasteiger partial charge in [0.05, 0.1) is 11.8 Å². The second-order valence-corrected chi connectivity index (χ2v) is 9.16. The van der Waals surface area contributed by atoms with Gasteiger partial charge in [-0.25, -0.2) is 4.98 Å². The summed E-state index contributed by atoms with van der Waals surface area (Å²) in [5, 5.41) is 14.7. The molecule has 0 atom stereocenters. The second kappa shape index (κ2) is 9.67. The number of piperazine rings is 1. The largest absolute Gasteiger partial charge is 0.477 e. The molecule has 8 heteroatoms. The lowest BCUT2D eigenvalue weighted by Gasteiger charge is -2.36. The number of hydrogen-bond acceptors (Lipinski definition) is 7. The highest BCUT2D eigenvalue weighted by atomic mass is 32.1. The minimum absolute atomic E-state index is 0.00233. The van der Waals surface area contributed by atoms with E-state index in [9.17, 15) is 4.79 Å². The van der Waals surface area contributed by atoms with Gasteiger partial charge in [0, 0.05) is 37.1 Å². The number of aromatic nitrogens is 1. The molecule has 0 spiro atoms. The van der Waals surface area contributed by atoms with E-state index in [0.29, 0.717) is 18.6 Å². The molecule has 7 nitrogen and oxygen atoms in total. The maximum absolute atomic E-state index is 12.7. The Kier molecular flexibility index (Phi) is 6.73. The highest BCUT2D eigenvalue weighted by molar-refractivity contribution is 7.14. The van der Waals surface area contributed by atoms with E-state index in [1.54, 1.807) is 11.3 Å². The van der Waals surface area contributed by atoms with Gasteiger partial charge in [-0.2, -0.15) is 5.26 Å². The number of anilines is 1. The number of nitrogens with zero attached hydrogens (tertiary/aromatic N) is 4. The van der Waals surface area contributed by atoms with Crippen LogP contribution in [0, 0.1) is 11.3 Å². The first-order chi connectivity index (χ1) is 15.1. The van der Waals surface area contributed by atoms with Crippen molar-refractivity contribution < 1.29 is 9.53 Å². The minimum Gasteiger partial charge on any atom is -0.477 e. The highest BCUT2D eigenvalue weighted by Gasteiger charge is 2.41. The van der Waals surface area contributed by atoms with Gasteiger partial charge in [-0.15, -0.1) is 11.3 Å². The fourth-order valence-corrected chi connectivity index (χ4v) is 5.13. The van der Waals surface area contributed by atoms with Crippen LogP contribution >= 0.6 is 11.3 Å². The van der Waals surface area contributed by atoms with Crippen molar-refractivity contribution in [1.82, 2.24) is 15.2 Å². The molecule has 31 heavy (non-hydrogen) atoms. The third-order valence-electron chi connectivity index (χ3n) is 6.13. The fourth-order valence-electron chi connectivity index (χ4n) is 4.24. The van der Waals surface area contributed by atoms with Crippen molar-refractivity contribution in [2.75, 3.05) is 44.7 Å².